The number of hydrogen-bond donors (Lipinski definition) is 3. The van der Waals surface area contributed by atoms with Crippen LogP contribution in [0, 0.1) is 0 Å². The van der Waals surface area contributed by atoms with E-state index in [4.69, 9.17) is 14.2 Å². The van der Waals surface area contributed by atoms with Crippen LogP contribution in [0.5, 0.6) is 0 Å². The van der Waals surface area contributed by atoms with Crippen molar-refractivity contribution >= 4 is 35.1 Å². The van der Waals surface area contributed by atoms with E-state index < -0.39 is 29.8 Å². The van der Waals surface area contributed by atoms with E-state index in [1.807, 2.05) is 0 Å². The Balaban J connectivity index is 1.94. The average molecular weight is 623 g/mol. The fourth-order valence-electron chi connectivity index (χ4n) is 4.42. The van der Waals surface area contributed by atoms with Crippen molar-refractivity contribution in [2.45, 2.75) is 38.5 Å². The molecular formula is C27H29F3N6O6S. The van der Waals surface area contributed by atoms with Crippen LogP contribution in [0.25, 0.3) is 21.7 Å². The van der Waals surface area contributed by atoms with Gasteiger partial charge in [-0.2, -0.15) is 13.2 Å². The zero-order valence-corrected chi connectivity index (χ0v) is 24.3. The van der Waals surface area contributed by atoms with Gasteiger partial charge < -0.3 is 24.8 Å². The number of alkyl halides is 3. The average Bonchev–Trinajstić information content (AvgIpc) is 3.44. The van der Waals surface area contributed by atoms with E-state index in [1.54, 1.807) is 6.92 Å². The van der Waals surface area contributed by atoms with E-state index in [9.17, 15) is 27.6 Å². The molecule has 3 aromatic heterocycles. The Morgan fingerprint density at radius 1 is 1.09 bits per heavy atom. The number of pyridine rings is 2. The van der Waals surface area contributed by atoms with Gasteiger partial charge in [0.1, 0.15) is 16.4 Å². The molecule has 0 saturated carbocycles. The monoisotopic (exact) mass is 622 g/mol. The molecule has 43 heavy (non-hydrogen) atoms. The number of urea groups is 1. The Kier molecular flexibility index (Phi) is 10.3. The Morgan fingerprint density at radius 2 is 1.81 bits per heavy atom. The number of aromatic nitrogens is 3. The van der Waals surface area contributed by atoms with Crippen molar-refractivity contribution in [3.63, 3.8) is 0 Å². The molecule has 0 bridgehead atoms. The molecule has 0 spiro atoms. The highest BCUT2D eigenvalue weighted by Gasteiger charge is 2.39. The summed E-state index contributed by atoms with van der Waals surface area (Å²) in [5.74, 6) is -1.96. The first-order valence-electron chi connectivity index (χ1n) is 13.2. The third-order valence-corrected chi connectivity index (χ3v) is 7.53. The summed E-state index contributed by atoms with van der Waals surface area (Å²) in [5.41, 5.74) is -1.15. The number of hydrogen-bond acceptors (Lipinski definition) is 11. The molecule has 4 rings (SSSR count). The molecule has 12 nitrogen and oxygen atoms in total. The molecule has 0 atom stereocenters. The predicted octanol–water partition coefficient (Wildman–Crippen LogP) is 4.27. The molecule has 0 radical (unpaired) electrons. The van der Waals surface area contributed by atoms with Gasteiger partial charge >= 0.3 is 24.1 Å². The second-order valence-corrected chi connectivity index (χ2v) is 10.3. The van der Waals surface area contributed by atoms with Crippen LogP contribution in [-0.2, 0) is 26.9 Å². The first kappa shape index (κ1) is 31.8. The van der Waals surface area contributed by atoms with E-state index >= 15 is 0 Å². The lowest BCUT2D eigenvalue weighted by Crippen LogP contribution is -2.34. The van der Waals surface area contributed by atoms with Gasteiger partial charge in [-0.1, -0.05) is 0 Å². The van der Waals surface area contributed by atoms with Crippen LogP contribution >= 0.6 is 11.3 Å². The predicted molar refractivity (Wildman–Crippen MR) is 150 cm³/mol. The van der Waals surface area contributed by atoms with Crippen LogP contribution in [0.4, 0.5) is 23.8 Å². The molecule has 3 aromatic rings. The number of ether oxygens (including phenoxy) is 3. The Morgan fingerprint density at radius 3 is 2.47 bits per heavy atom. The SMILES string of the molecule is CCNC(=O)Nc1ncc(-c2cncc(C(=O)OC)c2)c(-c2nc(C(F)(F)F)c(CNC3CCOCC3)s2)c1C(=O)OC. The number of carbonyl (C=O) groups is 3. The summed E-state index contributed by atoms with van der Waals surface area (Å²) < 4.78 is 57.9. The topological polar surface area (TPSA) is 154 Å². The van der Waals surface area contributed by atoms with Crippen LogP contribution in [0.1, 0.15) is 51.1 Å². The smallest absolute Gasteiger partial charge is 0.434 e. The third kappa shape index (κ3) is 7.44. The quantitative estimate of drug-likeness (QED) is 0.295. The standard InChI is InChI=1S/C27H29F3N6O6S/c1-4-32-26(39)36-22-20(25(38)41-3)19(17(12-34-22)14-9-15(11-31-10-14)24(37)40-2)23-35-21(27(28,29)30)18(43-23)13-33-16-5-7-42-8-6-16/h9-12,16,33H,4-8,13H2,1-3H3,(H2,32,34,36,39). The number of anilines is 1. The summed E-state index contributed by atoms with van der Waals surface area (Å²) in [6.07, 6.45) is 0.319. The van der Waals surface area contributed by atoms with Gasteiger partial charge in [0, 0.05) is 67.6 Å². The molecule has 230 valence electrons. The number of nitrogens with one attached hydrogen (secondary N) is 3. The maximum Gasteiger partial charge on any atom is 0.434 e. The zero-order valence-electron chi connectivity index (χ0n) is 23.5. The summed E-state index contributed by atoms with van der Waals surface area (Å²) >= 11 is 0.731. The molecule has 2 amide bonds. The lowest BCUT2D eigenvalue weighted by atomic mass is 9.97. The van der Waals surface area contributed by atoms with Gasteiger partial charge in [0.05, 0.1) is 24.7 Å². The minimum Gasteiger partial charge on any atom is -0.465 e. The van der Waals surface area contributed by atoms with E-state index in [0.717, 1.165) is 18.4 Å². The van der Waals surface area contributed by atoms with Gasteiger partial charge in [-0.3, -0.25) is 10.3 Å². The number of thiazole rings is 1. The second-order valence-electron chi connectivity index (χ2n) is 9.26. The van der Waals surface area contributed by atoms with E-state index in [-0.39, 0.29) is 62.7 Å². The van der Waals surface area contributed by atoms with Crippen LogP contribution in [0.3, 0.4) is 0 Å². The van der Waals surface area contributed by atoms with Crippen LogP contribution in [-0.4, -0.2) is 72.9 Å². The Hall–Kier alpha value is -4.15. The number of amides is 2. The zero-order chi connectivity index (χ0) is 31.1. The van der Waals surface area contributed by atoms with Gasteiger partial charge in [-0.15, -0.1) is 11.3 Å². The van der Waals surface area contributed by atoms with Gasteiger partial charge in [0.25, 0.3) is 0 Å². The van der Waals surface area contributed by atoms with Gasteiger partial charge in [-0.05, 0) is 25.8 Å². The molecule has 3 N–H and O–H groups in total. The molecule has 1 aliphatic rings. The molecule has 0 unspecified atom stereocenters. The highest BCUT2D eigenvalue weighted by molar-refractivity contribution is 7.15. The number of methoxy groups -OCH3 is 2. The molecule has 1 saturated heterocycles. The maximum absolute atomic E-state index is 14.3. The minimum atomic E-state index is -4.81. The second kappa shape index (κ2) is 13.9. The first-order chi connectivity index (χ1) is 20.6. The normalized spacial score (nSPS) is 13.8. The third-order valence-electron chi connectivity index (χ3n) is 6.46. The van der Waals surface area contributed by atoms with Crippen molar-refractivity contribution in [1.29, 1.82) is 0 Å². The van der Waals surface area contributed by atoms with E-state index in [2.05, 4.69) is 30.9 Å². The van der Waals surface area contributed by atoms with Crippen molar-refractivity contribution in [3.8, 4) is 21.7 Å². The first-order valence-corrected chi connectivity index (χ1v) is 14.0. The van der Waals surface area contributed by atoms with Crippen LogP contribution in [0.15, 0.2) is 24.7 Å². The number of rotatable bonds is 9. The van der Waals surface area contributed by atoms with E-state index in [0.29, 0.717) is 26.1 Å². The summed E-state index contributed by atoms with van der Waals surface area (Å²) in [6, 6.07) is 0.649. The van der Waals surface area contributed by atoms with Crippen molar-refractivity contribution in [2.75, 3.05) is 39.3 Å². The number of carbonyl (C=O) groups excluding carboxylic acids is 3. The van der Waals surface area contributed by atoms with Crippen LogP contribution in [0.2, 0.25) is 0 Å². The lowest BCUT2D eigenvalue weighted by Gasteiger charge is -2.23. The Labute approximate surface area is 248 Å². The highest BCUT2D eigenvalue weighted by Crippen LogP contribution is 2.43. The number of esters is 2. The molecule has 4 heterocycles. The largest absolute Gasteiger partial charge is 0.465 e. The summed E-state index contributed by atoms with van der Waals surface area (Å²) in [5, 5.41) is 7.93. The Bertz CT molecular complexity index is 1490. The maximum atomic E-state index is 14.3. The van der Waals surface area contributed by atoms with Crippen molar-refractivity contribution in [2.24, 2.45) is 0 Å². The minimum absolute atomic E-state index is 0.0393. The van der Waals surface area contributed by atoms with Gasteiger partial charge in [0.2, 0.25) is 0 Å². The fourth-order valence-corrected chi connectivity index (χ4v) is 5.51. The fraction of sp³-hybridized carbons (Fsp3) is 0.407. The van der Waals surface area contributed by atoms with Crippen molar-refractivity contribution in [3.05, 3.63) is 46.4 Å². The summed E-state index contributed by atoms with van der Waals surface area (Å²) in [7, 11) is 2.27. The molecular weight excluding hydrogens is 593 g/mol. The number of halogens is 3. The van der Waals surface area contributed by atoms with Crippen molar-refractivity contribution < 1.29 is 41.8 Å². The molecule has 1 fully saturated rings. The van der Waals surface area contributed by atoms with Crippen LogP contribution < -0.4 is 16.0 Å². The molecule has 16 heteroatoms. The molecule has 0 aliphatic carbocycles. The number of nitrogens with zero attached hydrogens (tertiary/aromatic N) is 3. The van der Waals surface area contributed by atoms with Crippen molar-refractivity contribution in [1.82, 2.24) is 25.6 Å². The molecule has 0 aromatic carbocycles. The van der Waals surface area contributed by atoms with Gasteiger partial charge in [0.15, 0.2) is 5.69 Å². The summed E-state index contributed by atoms with van der Waals surface area (Å²) in [6.45, 7) is 2.80. The lowest BCUT2D eigenvalue weighted by molar-refractivity contribution is -0.141. The highest BCUT2D eigenvalue weighted by atomic mass is 32.1. The van der Waals surface area contributed by atoms with Gasteiger partial charge in [-0.25, -0.2) is 24.4 Å². The summed E-state index contributed by atoms with van der Waals surface area (Å²) in [4.78, 5) is 49.9. The molecule has 1 aliphatic heterocycles. The van der Waals surface area contributed by atoms with E-state index in [1.165, 1.54) is 31.8 Å².